The van der Waals surface area contributed by atoms with Crippen LogP contribution in [0.2, 0.25) is 0 Å². The van der Waals surface area contributed by atoms with Gasteiger partial charge in [0.05, 0.1) is 0 Å². The van der Waals surface area contributed by atoms with Crippen molar-refractivity contribution in [2.45, 2.75) is 12.1 Å². The minimum atomic E-state index is -5.94. The Balaban J connectivity index is 2.46. The number of halogens is 5. The van der Waals surface area contributed by atoms with Gasteiger partial charge < -0.3 is 4.42 Å². The third-order valence-electron chi connectivity index (χ3n) is 2.29. The number of hydrogen-bond acceptors (Lipinski definition) is 2. The molecular weight excluding hydrogens is 259 g/mol. The zero-order valence-corrected chi connectivity index (χ0v) is 8.59. The number of para-hydroxylation sites is 1. The molecule has 1 aromatic heterocycles. The summed E-state index contributed by atoms with van der Waals surface area (Å²) in [5.41, 5.74) is 0.0684. The van der Waals surface area contributed by atoms with E-state index in [1.807, 2.05) is 0 Å². The molecular formula is C11H5F5O2. The van der Waals surface area contributed by atoms with Crippen molar-refractivity contribution in [3.63, 3.8) is 0 Å². The van der Waals surface area contributed by atoms with Crippen LogP contribution in [-0.4, -0.2) is 17.9 Å². The van der Waals surface area contributed by atoms with Crippen LogP contribution in [0, 0.1) is 0 Å². The highest BCUT2D eigenvalue weighted by Gasteiger charge is 2.64. The minimum absolute atomic E-state index is 0.0684. The summed E-state index contributed by atoms with van der Waals surface area (Å²) in [4.78, 5) is 11.1. The van der Waals surface area contributed by atoms with Gasteiger partial charge in [-0.3, -0.25) is 4.79 Å². The van der Waals surface area contributed by atoms with Gasteiger partial charge in [0.15, 0.2) is 5.76 Å². The fourth-order valence-electron chi connectivity index (χ4n) is 1.38. The monoisotopic (exact) mass is 264 g/mol. The molecule has 0 N–H and O–H groups in total. The highest BCUT2D eigenvalue weighted by atomic mass is 19.4. The summed E-state index contributed by atoms with van der Waals surface area (Å²) in [7, 11) is 0. The van der Waals surface area contributed by atoms with Crippen molar-refractivity contribution in [2.75, 3.05) is 0 Å². The molecule has 2 rings (SSSR count). The van der Waals surface area contributed by atoms with Gasteiger partial charge in [-0.25, -0.2) is 0 Å². The largest absolute Gasteiger partial charge is 0.461 e. The first-order chi connectivity index (χ1) is 8.23. The van der Waals surface area contributed by atoms with Crippen molar-refractivity contribution >= 4 is 16.8 Å². The van der Waals surface area contributed by atoms with Gasteiger partial charge in [0.1, 0.15) is 5.58 Å². The Kier molecular flexibility index (Phi) is 2.64. The average Bonchev–Trinajstić information content (AvgIpc) is 2.69. The quantitative estimate of drug-likeness (QED) is 0.609. The molecule has 1 aromatic carbocycles. The summed E-state index contributed by atoms with van der Waals surface area (Å²) >= 11 is 0. The Labute approximate surface area is 97.0 Å². The molecule has 0 aliphatic heterocycles. The molecule has 0 bridgehead atoms. The fourth-order valence-corrected chi connectivity index (χ4v) is 1.38. The Morgan fingerprint density at radius 2 is 1.67 bits per heavy atom. The van der Waals surface area contributed by atoms with Gasteiger partial charge in [-0.05, 0) is 12.1 Å². The van der Waals surface area contributed by atoms with Crippen molar-refractivity contribution in [1.82, 2.24) is 0 Å². The Morgan fingerprint density at radius 1 is 1.06 bits per heavy atom. The number of benzene rings is 1. The van der Waals surface area contributed by atoms with Crippen molar-refractivity contribution in [3.05, 3.63) is 36.1 Å². The number of fused-ring (bicyclic) bond motifs is 1. The lowest BCUT2D eigenvalue weighted by Gasteiger charge is -2.16. The van der Waals surface area contributed by atoms with E-state index in [2.05, 4.69) is 4.42 Å². The number of rotatable bonds is 2. The molecule has 0 aliphatic rings. The Bertz CT molecular complexity index is 564. The summed E-state index contributed by atoms with van der Waals surface area (Å²) in [5.74, 6) is -8.87. The first-order valence-corrected chi connectivity index (χ1v) is 4.71. The lowest BCUT2D eigenvalue weighted by Crippen LogP contribution is -2.43. The van der Waals surface area contributed by atoms with E-state index in [1.54, 1.807) is 0 Å². The van der Waals surface area contributed by atoms with Gasteiger partial charge in [0, 0.05) is 5.39 Å². The van der Waals surface area contributed by atoms with E-state index < -0.39 is 23.6 Å². The lowest BCUT2D eigenvalue weighted by atomic mass is 10.1. The van der Waals surface area contributed by atoms with E-state index in [1.165, 1.54) is 24.3 Å². The fraction of sp³-hybridized carbons (Fsp3) is 0.182. The van der Waals surface area contributed by atoms with Crippen LogP contribution < -0.4 is 0 Å². The lowest BCUT2D eigenvalue weighted by molar-refractivity contribution is -0.256. The van der Waals surface area contributed by atoms with Crippen molar-refractivity contribution < 1.29 is 31.2 Å². The first kappa shape index (κ1) is 12.5. The molecule has 0 aliphatic carbocycles. The minimum Gasteiger partial charge on any atom is -0.453 e. The zero-order chi connectivity index (χ0) is 13.6. The third kappa shape index (κ3) is 1.85. The summed E-state index contributed by atoms with van der Waals surface area (Å²) in [5, 5.41) is 0.277. The van der Waals surface area contributed by atoms with E-state index in [9.17, 15) is 26.7 Å². The maximum atomic E-state index is 12.8. The number of ketones is 1. The van der Waals surface area contributed by atoms with Gasteiger partial charge in [-0.2, -0.15) is 22.0 Å². The molecule has 0 spiro atoms. The molecule has 0 unspecified atom stereocenters. The summed E-state index contributed by atoms with van der Waals surface area (Å²) in [6.07, 6.45) is -5.94. The van der Waals surface area contributed by atoms with Crippen LogP contribution in [0.1, 0.15) is 10.6 Å². The van der Waals surface area contributed by atoms with E-state index >= 15 is 0 Å². The van der Waals surface area contributed by atoms with Gasteiger partial charge in [-0.15, -0.1) is 0 Å². The van der Waals surface area contributed by atoms with Crippen LogP contribution in [0.3, 0.4) is 0 Å². The molecule has 0 atom stereocenters. The molecule has 96 valence electrons. The molecule has 0 fully saturated rings. The standard InChI is InChI=1S/C11H5F5O2/c12-10(13,11(14,15)16)9(17)8-5-6-3-1-2-4-7(6)18-8/h1-5H. The summed E-state index contributed by atoms with van der Waals surface area (Å²) < 4.78 is 66.3. The van der Waals surface area contributed by atoms with Crippen LogP contribution in [0.4, 0.5) is 22.0 Å². The summed E-state index contributed by atoms with van der Waals surface area (Å²) in [6, 6.07) is 6.69. The third-order valence-corrected chi connectivity index (χ3v) is 2.29. The molecule has 0 amide bonds. The predicted octanol–water partition coefficient (Wildman–Crippen LogP) is 3.81. The van der Waals surface area contributed by atoms with Crippen molar-refractivity contribution in [3.8, 4) is 0 Å². The second-order valence-corrected chi connectivity index (χ2v) is 3.55. The average molecular weight is 264 g/mol. The normalized spacial score (nSPS) is 12.9. The van der Waals surface area contributed by atoms with Gasteiger partial charge in [0.2, 0.25) is 0 Å². The number of hydrogen-bond donors (Lipinski definition) is 0. The highest BCUT2D eigenvalue weighted by Crippen LogP contribution is 2.38. The van der Waals surface area contributed by atoms with E-state index in [0.717, 1.165) is 6.07 Å². The zero-order valence-electron chi connectivity index (χ0n) is 8.59. The number of alkyl halides is 5. The maximum absolute atomic E-state index is 12.8. The second-order valence-electron chi connectivity index (χ2n) is 3.55. The molecule has 0 saturated carbocycles. The molecule has 0 saturated heterocycles. The number of carbonyl (C=O) groups is 1. The Hall–Kier alpha value is -1.92. The topological polar surface area (TPSA) is 30.2 Å². The molecule has 2 aromatic rings. The smallest absolute Gasteiger partial charge is 0.453 e. The number of furan rings is 1. The van der Waals surface area contributed by atoms with Gasteiger partial charge in [0.25, 0.3) is 5.78 Å². The number of carbonyl (C=O) groups excluding carboxylic acids is 1. The van der Waals surface area contributed by atoms with E-state index in [4.69, 9.17) is 0 Å². The second kappa shape index (κ2) is 3.79. The van der Waals surface area contributed by atoms with Gasteiger partial charge >= 0.3 is 12.1 Å². The van der Waals surface area contributed by atoms with E-state index in [0.29, 0.717) is 0 Å². The number of Topliss-reactive ketones (excluding diaryl/α,β-unsaturated/α-hetero) is 1. The molecule has 18 heavy (non-hydrogen) atoms. The van der Waals surface area contributed by atoms with Crippen LogP contribution in [0.5, 0.6) is 0 Å². The highest BCUT2D eigenvalue weighted by molar-refractivity contribution is 6.02. The van der Waals surface area contributed by atoms with Crippen LogP contribution in [-0.2, 0) is 0 Å². The van der Waals surface area contributed by atoms with E-state index in [-0.39, 0.29) is 11.0 Å². The maximum Gasteiger partial charge on any atom is 0.461 e. The van der Waals surface area contributed by atoms with Crippen LogP contribution in [0.25, 0.3) is 11.0 Å². The molecule has 7 heteroatoms. The van der Waals surface area contributed by atoms with Gasteiger partial charge in [-0.1, -0.05) is 18.2 Å². The van der Waals surface area contributed by atoms with Crippen LogP contribution >= 0.6 is 0 Å². The molecule has 2 nitrogen and oxygen atoms in total. The SMILES string of the molecule is O=C(c1cc2ccccc2o1)C(F)(F)C(F)(F)F. The predicted molar refractivity (Wildman–Crippen MR) is 51.5 cm³/mol. The first-order valence-electron chi connectivity index (χ1n) is 4.71. The Morgan fingerprint density at radius 3 is 2.22 bits per heavy atom. The van der Waals surface area contributed by atoms with Crippen LogP contribution in [0.15, 0.2) is 34.7 Å². The molecule has 1 heterocycles. The molecule has 0 radical (unpaired) electrons. The van der Waals surface area contributed by atoms with Crippen molar-refractivity contribution in [2.24, 2.45) is 0 Å². The van der Waals surface area contributed by atoms with Crippen molar-refractivity contribution in [1.29, 1.82) is 0 Å². The summed E-state index contributed by atoms with van der Waals surface area (Å²) in [6.45, 7) is 0.